The molecular formula is C11H18FN3O. The molecule has 0 aliphatic heterocycles. The van der Waals surface area contributed by atoms with E-state index < -0.39 is 11.4 Å². The van der Waals surface area contributed by atoms with E-state index in [4.69, 9.17) is 0 Å². The molecule has 0 aliphatic rings. The van der Waals surface area contributed by atoms with Gasteiger partial charge in [-0.25, -0.2) is 14.4 Å². The van der Waals surface area contributed by atoms with Crippen molar-refractivity contribution in [3.63, 3.8) is 0 Å². The van der Waals surface area contributed by atoms with Crippen LogP contribution in [0.15, 0.2) is 6.33 Å². The molecule has 0 bridgehead atoms. The smallest absolute Gasteiger partial charge is 0.186 e. The molecule has 1 unspecified atom stereocenters. The molecule has 2 N–H and O–H groups in total. The van der Waals surface area contributed by atoms with Gasteiger partial charge in [0.15, 0.2) is 11.6 Å². The van der Waals surface area contributed by atoms with Crippen molar-refractivity contribution in [1.82, 2.24) is 9.97 Å². The van der Waals surface area contributed by atoms with Gasteiger partial charge in [0.1, 0.15) is 6.33 Å². The van der Waals surface area contributed by atoms with Crippen LogP contribution in [0.2, 0.25) is 0 Å². The molecule has 0 fully saturated rings. The Morgan fingerprint density at radius 3 is 2.62 bits per heavy atom. The molecule has 1 aromatic heterocycles. The van der Waals surface area contributed by atoms with Crippen LogP contribution in [-0.4, -0.2) is 27.2 Å². The lowest BCUT2D eigenvalue weighted by molar-refractivity contribution is 0.218. The van der Waals surface area contributed by atoms with Crippen LogP contribution in [0.4, 0.5) is 10.2 Å². The van der Waals surface area contributed by atoms with Crippen molar-refractivity contribution in [2.75, 3.05) is 11.9 Å². The van der Waals surface area contributed by atoms with Gasteiger partial charge < -0.3 is 10.4 Å². The van der Waals surface area contributed by atoms with Crippen molar-refractivity contribution in [2.24, 2.45) is 0 Å². The van der Waals surface area contributed by atoms with Crippen molar-refractivity contribution in [1.29, 1.82) is 0 Å². The summed E-state index contributed by atoms with van der Waals surface area (Å²) in [6.07, 6.45) is 2.52. The van der Waals surface area contributed by atoms with E-state index in [0.29, 0.717) is 18.5 Å². The van der Waals surface area contributed by atoms with Crippen molar-refractivity contribution in [3.8, 4) is 0 Å². The molecular weight excluding hydrogens is 209 g/mol. The minimum atomic E-state index is -0.555. The number of hydrogen-bond donors (Lipinski definition) is 2. The predicted molar refractivity (Wildman–Crippen MR) is 60.8 cm³/mol. The fraction of sp³-hybridized carbons (Fsp3) is 0.636. The molecule has 0 saturated carbocycles. The second-order valence-electron chi connectivity index (χ2n) is 4.03. The monoisotopic (exact) mass is 227 g/mol. The first-order valence-electron chi connectivity index (χ1n) is 5.44. The van der Waals surface area contributed by atoms with E-state index in [-0.39, 0.29) is 12.4 Å². The van der Waals surface area contributed by atoms with Gasteiger partial charge in [-0.1, -0.05) is 13.8 Å². The average molecular weight is 227 g/mol. The quantitative estimate of drug-likeness (QED) is 0.804. The standard InChI is InChI=1S/C11H18FN3O/c1-4-8-9(12)10(14-7-13-8)15-11(3,5-2)6-16/h7,16H,4-6H2,1-3H3,(H,13,14,15). The average Bonchev–Trinajstić information content (AvgIpc) is 2.32. The Bertz CT molecular complexity index is 353. The second-order valence-corrected chi connectivity index (χ2v) is 4.03. The van der Waals surface area contributed by atoms with E-state index in [1.807, 2.05) is 20.8 Å². The van der Waals surface area contributed by atoms with E-state index in [0.717, 1.165) is 0 Å². The molecule has 0 radical (unpaired) electrons. The topological polar surface area (TPSA) is 58.0 Å². The number of aromatic nitrogens is 2. The van der Waals surface area contributed by atoms with Crippen LogP contribution in [0, 0.1) is 5.82 Å². The number of aliphatic hydroxyl groups is 1. The predicted octanol–water partition coefficient (Wildman–Crippen LogP) is 1.75. The van der Waals surface area contributed by atoms with Crippen LogP contribution in [0.5, 0.6) is 0 Å². The number of rotatable bonds is 5. The lowest BCUT2D eigenvalue weighted by Crippen LogP contribution is -2.38. The van der Waals surface area contributed by atoms with E-state index in [2.05, 4.69) is 15.3 Å². The minimum absolute atomic E-state index is 0.0750. The molecule has 16 heavy (non-hydrogen) atoms. The molecule has 1 rings (SSSR count). The Hall–Kier alpha value is -1.23. The SMILES string of the molecule is CCc1ncnc(NC(C)(CC)CO)c1F. The van der Waals surface area contributed by atoms with E-state index in [1.54, 1.807) is 0 Å². The van der Waals surface area contributed by atoms with Gasteiger partial charge >= 0.3 is 0 Å². The summed E-state index contributed by atoms with van der Waals surface area (Å²) < 4.78 is 13.8. The maximum absolute atomic E-state index is 13.8. The van der Waals surface area contributed by atoms with Crippen molar-refractivity contribution >= 4 is 5.82 Å². The lowest BCUT2D eigenvalue weighted by atomic mass is 10.0. The third-order valence-corrected chi connectivity index (χ3v) is 2.75. The first-order valence-corrected chi connectivity index (χ1v) is 5.44. The number of nitrogens with zero attached hydrogens (tertiary/aromatic N) is 2. The number of aryl methyl sites for hydroxylation is 1. The highest BCUT2D eigenvalue weighted by Crippen LogP contribution is 2.20. The number of halogens is 1. The highest BCUT2D eigenvalue weighted by atomic mass is 19.1. The van der Waals surface area contributed by atoms with Crippen LogP contribution >= 0.6 is 0 Å². The maximum Gasteiger partial charge on any atom is 0.186 e. The summed E-state index contributed by atoms with van der Waals surface area (Å²) in [4.78, 5) is 7.71. The Kier molecular flexibility index (Phi) is 4.18. The molecule has 1 atom stereocenters. The van der Waals surface area contributed by atoms with Gasteiger partial charge in [-0.2, -0.15) is 0 Å². The zero-order valence-corrected chi connectivity index (χ0v) is 9.92. The first-order chi connectivity index (χ1) is 7.56. The van der Waals surface area contributed by atoms with Crippen LogP contribution < -0.4 is 5.32 Å². The molecule has 4 nitrogen and oxygen atoms in total. The molecule has 0 spiro atoms. The fourth-order valence-electron chi connectivity index (χ4n) is 1.27. The zero-order chi connectivity index (χ0) is 12.2. The molecule has 1 heterocycles. The summed E-state index contributed by atoms with van der Waals surface area (Å²) >= 11 is 0. The Balaban J connectivity index is 2.97. The minimum Gasteiger partial charge on any atom is -0.394 e. The largest absolute Gasteiger partial charge is 0.394 e. The van der Waals surface area contributed by atoms with Gasteiger partial charge in [0.05, 0.1) is 17.8 Å². The van der Waals surface area contributed by atoms with Gasteiger partial charge in [0.25, 0.3) is 0 Å². The molecule has 0 saturated heterocycles. The summed E-state index contributed by atoms with van der Waals surface area (Å²) in [6.45, 7) is 5.50. The summed E-state index contributed by atoms with van der Waals surface area (Å²) in [5, 5.41) is 12.2. The van der Waals surface area contributed by atoms with Crippen LogP contribution in [0.3, 0.4) is 0 Å². The van der Waals surface area contributed by atoms with Crippen LogP contribution in [-0.2, 0) is 6.42 Å². The summed E-state index contributed by atoms with van der Waals surface area (Å²) in [6, 6.07) is 0. The van der Waals surface area contributed by atoms with Gasteiger partial charge in [0, 0.05) is 0 Å². The molecule has 0 amide bonds. The number of nitrogens with one attached hydrogen (secondary N) is 1. The van der Waals surface area contributed by atoms with E-state index in [1.165, 1.54) is 6.33 Å². The number of hydrogen-bond acceptors (Lipinski definition) is 4. The maximum atomic E-state index is 13.8. The number of anilines is 1. The summed E-state index contributed by atoms with van der Waals surface area (Å²) in [7, 11) is 0. The summed E-state index contributed by atoms with van der Waals surface area (Å²) in [5.41, 5.74) is -0.172. The third kappa shape index (κ3) is 2.66. The Morgan fingerprint density at radius 2 is 2.12 bits per heavy atom. The van der Waals surface area contributed by atoms with Gasteiger partial charge in [-0.3, -0.25) is 0 Å². The Morgan fingerprint density at radius 1 is 1.44 bits per heavy atom. The zero-order valence-electron chi connectivity index (χ0n) is 9.92. The fourth-order valence-corrected chi connectivity index (χ4v) is 1.27. The molecule has 1 aromatic rings. The van der Waals surface area contributed by atoms with Gasteiger partial charge in [0.2, 0.25) is 0 Å². The molecule has 5 heteroatoms. The normalized spacial score (nSPS) is 14.6. The van der Waals surface area contributed by atoms with Crippen LogP contribution in [0.1, 0.15) is 32.9 Å². The summed E-state index contributed by atoms with van der Waals surface area (Å²) in [5.74, 6) is -0.275. The third-order valence-electron chi connectivity index (χ3n) is 2.75. The van der Waals surface area contributed by atoms with Crippen molar-refractivity contribution in [2.45, 2.75) is 39.2 Å². The first kappa shape index (κ1) is 12.8. The lowest BCUT2D eigenvalue weighted by Gasteiger charge is -2.28. The second kappa shape index (κ2) is 5.21. The van der Waals surface area contributed by atoms with Crippen LogP contribution in [0.25, 0.3) is 0 Å². The van der Waals surface area contributed by atoms with Gasteiger partial charge in [-0.05, 0) is 19.8 Å². The molecule has 0 aliphatic carbocycles. The van der Waals surface area contributed by atoms with Crippen molar-refractivity contribution in [3.05, 3.63) is 17.8 Å². The molecule has 0 aromatic carbocycles. The van der Waals surface area contributed by atoms with Gasteiger partial charge in [-0.15, -0.1) is 0 Å². The Labute approximate surface area is 94.9 Å². The number of aliphatic hydroxyl groups excluding tert-OH is 1. The van der Waals surface area contributed by atoms with E-state index in [9.17, 15) is 9.50 Å². The highest BCUT2D eigenvalue weighted by Gasteiger charge is 2.23. The highest BCUT2D eigenvalue weighted by molar-refractivity contribution is 5.40. The van der Waals surface area contributed by atoms with E-state index >= 15 is 0 Å². The van der Waals surface area contributed by atoms with Crippen molar-refractivity contribution < 1.29 is 9.50 Å². The molecule has 90 valence electrons.